The third-order valence-corrected chi connectivity index (χ3v) is 4.25. The molecule has 2 heterocycles. The van der Waals surface area contributed by atoms with Gasteiger partial charge in [-0.1, -0.05) is 13.8 Å². The van der Waals surface area contributed by atoms with Gasteiger partial charge in [0, 0.05) is 36.8 Å². The third-order valence-electron chi connectivity index (χ3n) is 3.11. The van der Waals surface area contributed by atoms with Crippen molar-refractivity contribution in [1.82, 2.24) is 9.88 Å². The zero-order valence-electron chi connectivity index (χ0n) is 11.6. The van der Waals surface area contributed by atoms with E-state index in [1.807, 2.05) is 28.8 Å². The maximum absolute atomic E-state index is 12.6. The van der Waals surface area contributed by atoms with E-state index in [0.29, 0.717) is 16.6 Å². The molecule has 0 saturated carbocycles. The minimum atomic E-state index is 0.0962. The Morgan fingerprint density at radius 1 is 1.63 bits per heavy atom. The van der Waals surface area contributed by atoms with E-state index in [9.17, 15) is 4.79 Å². The molecule has 1 atom stereocenters. The largest absolute Gasteiger partial charge is 0.369 e. The molecule has 2 rings (SSSR count). The number of amides is 1. The van der Waals surface area contributed by atoms with Crippen LogP contribution < -0.4 is 5.32 Å². The molecule has 4 nitrogen and oxygen atoms in total. The topological polar surface area (TPSA) is 45.2 Å². The molecule has 0 radical (unpaired) electrons. The molecule has 0 bridgehead atoms. The number of rotatable bonds is 4. The molecule has 19 heavy (non-hydrogen) atoms. The van der Waals surface area contributed by atoms with Crippen LogP contribution in [0.25, 0.3) is 0 Å². The highest BCUT2D eigenvalue weighted by atomic mass is 32.2. The quantitative estimate of drug-likeness (QED) is 0.919. The zero-order valence-corrected chi connectivity index (χ0v) is 12.4. The fourth-order valence-corrected chi connectivity index (χ4v) is 3.15. The van der Waals surface area contributed by atoms with Gasteiger partial charge < -0.3 is 10.2 Å². The number of carbonyl (C=O) groups is 1. The van der Waals surface area contributed by atoms with Crippen LogP contribution in [-0.2, 0) is 0 Å². The highest BCUT2D eigenvalue weighted by Gasteiger charge is 2.24. The normalized spacial score (nSPS) is 19.3. The van der Waals surface area contributed by atoms with Gasteiger partial charge in [0.05, 0.1) is 5.56 Å². The van der Waals surface area contributed by atoms with Crippen LogP contribution in [0, 0.1) is 0 Å². The first-order valence-corrected chi connectivity index (χ1v) is 7.87. The summed E-state index contributed by atoms with van der Waals surface area (Å²) in [7, 11) is 0. The molecule has 0 spiro atoms. The second-order valence-corrected chi connectivity index (χ2v) is 6.31. The highest BCUT2D eigenvalue weighted by Crippen LogP contribution is 2.21. The van der Waals surface area contributed by atoms with Crippen LogP contribution in [0.2, 0.25) is 0 Å². The Bertz CT molecular complexity index is 438. The van der Waals surface area contributed by atoms with Crippen molar-refractivity contribution in [2.45, 2.75) is 25.5 Å². The van der Waals surface area contributed by atoms with Gasteiger partial charge in [-0.2, -0.15) is 11.8 Å². The summed E-state index contributed by atoms with van der Waals surface area (Å²) in [5.41, 5.74) is 0.690. The van der Waals surface area contributed by atoms with E-state index in [2.05, 4.69) is 24.1 Å². The number of nitrogens with zero attached hydrogens (tertiary/aromatic N) is 2. The van der Waals surface area contributed by atoms with Crippen LogP contribution in [-0.4, -0.2) is 46.4 Å². The maximum atomic E-state index is 12.6. The van der Waals surface area contributed by atoms with Crippen LogP contribution >= 0.6 is 11.8 Å². The van der Waals surface area contributed by atoms with Crippen molar-refractivity contribution in [1.29, 1.82) is 0 Å². The number of anilines is 1. The lowest BCUT2D eigenvalue weighted by atomic mass is 10.2. The lowest BCUT2D eigenvalue weighted by Gasteiger charge is -2.31. The molecule has 5 heteroatoms. The third kappa shape index (κ3) is 3.62. The first kappa shape index (κ1) is 14.2. The second kappa shape index (κ2) is 6.80. The van der Waals surface area contributed by atoms with Gasteiger partial charge in [-0.3, -0.25) is 4.79 Å². The SMILES string of the molecule is CCCNc1ncccc1C(=O)N1CCSC(C)C1. The van der Waals surface area contributed by atoms with Gasteiger partial charge in [0.15, 0.2) is 0 Å². The number of nitrogens with one attached hydrogen (secondary N) is 1. The molecule has 1 saturated heterocycles. The number of hydrogen-bond donors (Lipinski definition) is 1. The Balaban J connectivity index is 2.13. The summed E-state index contributed by atoms with van der Waals surface area (Å²) in [6, 6.07) is 3.69. The number of hydrogen-bond acceptors (Lipinski definition) is 4. The molecule has 1 aromatic heterocycles. The van der Waals surface area contributed by atoms with Crippen molar-refractivity contribution >= 4 is 23.5 Å². The Hall–Kier alpha value is -1.23. The number of carbonyl (C=O) groups excluding carboxylic acids is 1. The molecule has 1 aliphatic rings. The standard InChI is InChI=1S/C14H21N3OS/c1-3-6-15-13-12(5-4-7-16-13)14(18)17-8-9-19-11(2)10-17/h4-5,7,11H,3,6,8-10H2,1-2H3,(H,15,16). The molecule has 1 unspecified atom stereocenters. The first-order chi connectivity index (χ1) is 9.22. The second-order valence-electron chi connectivity index (χ2n) is 4.76. The molecular formula is C14H21N3OS. The van der Waals surface area contributed by atoms with Crippen molar-refractivity contribution in [3.05, 3.63) is 23.9 Å². The van der Waals surface area contributed by atoms with Crippen molar-refractivity contribution in [2.24, 2.45) is 0 Å². The molecule has 1 fully saturated rings. The summed E-state index contributed by atoms with van der Waals surface area (Å²) in [6.45, 7) is 6.76. The molecule has 1 amide bonds. The van der Waals surface area contributed by atoms with Gasteiger partial charge in [-0.05, 0) is 18.6 Å². The number of thioether (sulfide) groups is 1. The van der Waals surface area contributed by atoms with Crippen molar-refractivity contribution in [3.8, 4) is 0 Å². The van der Waals surface area contributed by atoms with Gasteiger partial charge in [0.1, 0.15) is 5.82 Å². The molecule has 1 N–H and O–H groups in total. The monoisotopic (exact) mass is 279 g/mol. The van der Waals surface area contributed by atoms with Gasteiger partial charge in [-0.25, -0.2) is 4.98 Å². The maximum Gasteiger partial charge on any atom is 0.257 e. The fourth-order valence-electron chi connectivity index (χ4n) is 2.14. The summed E-state index contributed by atoms with van der Waals surface area (Å²) in [5, 5.41) is 3.75. The summed E-state index contributed by atoms with van der Waals surface area (Å²) < 4.78 is 0. The van der Waals surface area contributed by atoms with E-state index < -0.39 is 0 Å². The Kier molecular flexibility index (Phi) is 5.07. The lowest BCUT2D eigenvalue weighted by molar-refractivity contribution is 0.0763. The molecular weight excluding hydrogens is 258 g/mol. The zero-order chi connectivity index (χ0) is 13.7. The Morgan fingerprint density at radius 3 is 3.21 bits per heavy atom. The minimum Gasteiger partial charge on any atom is -0.369 e. The summed E-state index contributed by atoms with van der Waals surface area (Å²) in [6.07, 6.45) is 2.74. The average Bonchev–Trinajstić information content (AvgIpc) is 2.44. The van der Waals surface area contributed by atoms with E-state index in [-0.39, 0.29) is 5.91 Å². The van der Waals surface area contributed by atoms with E-state index in [1.54, 1.807) is 6.20 Å². The van der Waals surface area contributed by atoms with Gasteiger partial charge in [-0.15, -0.1) is 0 Å². The molecule has 0 aromatic carbocycles. The van der Waals surface area contributed by atoms with Gasteiger partial charge in [0.25, 0.3) is 5.91 Å². The molecule has 1 aliphatic heterocycles. The highest BCUT2D eigenvalue weighted by molar-refractivity contribution is 7.99. The van der Waals surface area contributed by atoms with E-state index in [0.717, 1.165) is 31.8 Å². The first-order valence-electron chi connectivity index (χ1n) is 6.82. The van der Waals surface area contributed by atoms with Crippen LogP contribution in [0.3, 0.4) is 0 Å². The van der Waals surface area contributed by atoms with Gasteiger partial charge >= 0.3 is 0 Å². The van der Waals surface area contributed by atoms with Crippen LogP contribution in [0.15, 0.2) is 18.3 Å². The number of aromatic nitrogens is 1. The smallest absolute Gasteiger partial charge is 0.257 e. The summed E-state index contributed by atoms with van der Waals surface area (Å²) >= 11 is 1.93. The van der Waals surface area contributed by atoms with E-state index >= 15 is 0 Å². The fraction of sp³-hybridized carbons (Fsp3) is 0.571. The predicted octanol–water partition coefficient (Wildman–Crippen LogP) is 2.48. The minimum absolute atomic E-state index is 0.0962. The van der Waals surface area contributed by atoms with E-state index in [4.69, 9.17) is 0 Å². The Labute approximate surface area is 119 Å². The average molecular weight is 279 g/mol. The predicted molar refractivity (Wildman–Crippen MR) is 80.8 cm³/mol. The van der Waals surface area contributed by atoms with Crippen molar-refractivity contribution in [2.75, 3.05) is 30.7 Å². The number of pyridine rings is 1. The van der Waals surface area contributed by atoms with Gasteiger partial charge in [0.2, 0.25) is 0 Å². The molecule has 104 valence electrons. The van der Waals surface area contributed by atoms with E-state index in [1.165, 1.54) is 0 Å². The van der Waals surface area contributed by atoms with Crippen LogP contribution in [0.5, 0.6) is 0 Å². The Morgan fingerprint density at radius 2 is 2.47 bits per heavy atom. The molecule has 1 aromatic rings. The summed E-state index contributed by atoms with van der Waals surface area (Å²) in [4.78, 5) is 18.8. The van der Waals surface area contributed by atoms with Crippen LogP contribution in [0.1, 0.15) is 30.6 Å². The van der Waals surface area contributed by atoms with Crippen LogP contribution in [0.4, 0.5) is 5.82 Å². The summed E-state index contributed by atoms with van der Waals surface area (Å²) in [5.74, 6) is 1.82. The molecule has 0 aliphatic carbocycles. The van der Waals surface area contributed by atoms with Crippen molar-refractivity contribution in [3.63, 3.8) is 0 Å². The van der Waals surface area contributed by atoms with Crippen molar-refractivity contribution < 1.29 is 4.79 Å². The lowest BCUT2D eigenvalue weighted by Crippen LogP contribution is -2.41.